The summed E-state index contributed by atoms with van der Waals surface area (Å²) in [5, 5.41) is 12.1. The summed E-state index contributed by atoms with van der Waals surface area (Å²) in [5.74, 6) is -4.68. The van der Waals surface area contributed by atoms with Gasteiger partial charge in [-0.25, -0.2) is 4.79 Å². The van der Waals surface area contributed by atoms with Crippen molar-refractivity contribution < 1.29 is 27.8 Å². The highest BCUT2D eigenvalue weighted by Crippen LogP contribution is 2.41. The number of benzene rings is 2. The molecule has 0 saturated heterocycles. The summed E-state index contributed by atoms with van der Waals surface area (Å²) in [4.78, 5) is 14.8. The molecule has 1 atom stereocenters. The molecule has 1 unspecified atom stereocenters. The van der Waals surface area contributed by atoms with Crippen molar-refractivity contribution in [1.29, 1.82) is 5.26 Å². The monoisotopic (exact) mass is 460 g/mol. The molecule has 2 aromatic carbocycles. The van der Waals surface area contributed by atoms with Gasteiger partial charge in [0.2, 0.25) is 0 Å². The van der Waals surface area contributed by atoms with E-state index in [2.05, 4.69) is 10.1 Å². The molecule has 0 aliphatic heterocycles. The average molecular weight is 461 g/mol. The number of hydrogen-bond donors (Lipinski definition) is 1. The fourth-order valence-corrected chi connectivity index (χ4v) is 2.97. The molecule has 7 nitrogen and oxygen atoms in total. The Bertz CT molecular complexity index is 1070. The first kappa shape index (κ1) is 24.5. The number of nitriles is 1. The van der Waals surface area contributed by atoms with Crippen LogP contribution >= 0.6 is 11.6 Å². The Morgan fingerprint density at radius 2 is 1.91 bits per heavy atom. The van der Waals surface area contributed by atoms with Crippen LogP contribution in [0.1, 0.15) is 18.5 Å². The number of ether oxygens (including phenoxy) is 2. The van der Waals surface area contributed by atoms with Gasteiger partial charge in [-0.2, -0.15) is 18.8 Å². The van der Waals surface area contributed by atoms with Crippen molar-refractivity contribution >= 4 is 29.0 Å². The van der Waals surface area contributed by atoms with E-state index >= 15 is 8.78 Å². The smallest absolute Gasteiger partial charge is 0.422 e. The highest BCUT2D eigenvalue weighted by Gasteiger charge is 2.51. The van der Waals surface area contributed by atoms with Crippen LogP contribution in [0.15, 0.2) is 60.2 Å². The van der Waals surface area contributed by atoms with Gasteiger partial charge in [-0.05, 0) is 48.9 Å². The largest absolute Gasteiger partial charge is 0.497 e. The molecule has 0 radical (unpaired) electrons. The number of nitrogens with zero attached hydrogens (tertiary/aromatic N) is 3. The van der Waals surface area contributed by atoms with E-state index in [-0.39, 0.29) is 12.2 Å². The topological polar surface area (TPSA) is 108 Å². The van der Waals surface area contributed by atoms with Gasteiger partial charge >= 0.3 is 17.6 Å². The molecule has 0 amide bonds. The van der Waals surface area contributed by atoms with Crippen molar-refractivity contribution in [1.82, 2.24) is 0 Å². The molecular formula is C22H19ClF2N4O3. The number of carbonyl (C=O) groups excluding carboxylic acids is 1. The third-order valence-corrected chi connectivity index (χ3v) is 4.61. The predicted octanol–water partition coefficient (Wildman–Crippen LogP) is 4.82. The Kier molecular flexibility index (Phi) is 8.47. The zero-order valence-electron chi connectivity index (χ0n) is 17.2. The zero-order valence-corrected chi connectivity index (χ0v) is 17.9. The second-order valence-corrected chi connectivity index (χ2v) is 6.77. The molecule has 1 N–H and O–H groups in total. The molecule has 166 valence electrons. The number of methoxy groups -OCH3 is 1. The van der Waals surface area contributed by atoms with Crippen LogP contribution in [0.4, 0.5) is 14.5 Å². The van der Waals surface area contributed by atoms with E-state index in [1.165, 1.54) is 56.5 Å². The number of hydrogen-bond acceptors (Lipinski definition) is 5. The van der Waals surface area contributed by atoms with Gasteiger partial charge in [0.15, 0.2) is 0 Å². The molecule has 0 aliphatic carbocycles. The highest BCUT2D eigenvalue weighted by atomic mass is 35.5. The van der Waals surface area contributed by atoms with Crippen molar-refractivity contribution in [2.45, 2.75) is 18.9 Å². The van der Waals surface area contributed by atoms with E-state index in [9.17, 15) is 10.3 Å². The summed E-state index contributed by atoms with van der Waals surface area (Å²) in [5.41, 5.74) is 7.49. The van der Waals surface area contributed by atoms with E-state index in [0.29, 0.717) is 22.5 Å². The van der Waals surface area contributed by atoms with Gasteiger partial charge in [-0.15, -0.1) is 0 Å². The Morgan fingerprint density at radius 3 is 2.41 bits per heavy atom. The quantitative estimate of drug-likeness (QED) is 0.190. The van der Waals surface area contributed by atoms with E-state index < -0.39 is 29.2 Å². The average Bonchev–Trinajstić information content (AvgIpc) is 2.78. The normalized spacial score (nSPS) is 12.2. The molecule has 0 aliphatic rings. The summed E-state index contributed by atoms with van der Waals surface area (Å²) in [6, 6.07) is 11.5. The number of halogens is 3. The lowest BCUT2D eigenvalue weighted by Crippen LogP contribution is -2.39. The van der Waals surface area contributed by atoms with Crippen molar-refractivity contribution in [2.24, 2.45) is 0 Å². The van der Waals surface area contributed by atoms with E-state index in [1.807, 2.05) is 0 Å². The molecular weight excluding hydrogens is 442 g/mol. The molecule has 10 heteroatoms. The van der Waals surface area contributed by atoms with Gasteiger partial charge in [0, 0.05) is 16.8 Å². The third kappa shape index (κ3) is 5.70. The van der Waals surface area contributed by atoms with Crippen molar-refractivity contribution in [2.75, 3.05) is 19.0 Å². The number of allylic oxidation sites excluding steroid dienone is 1. The van der Waals surface area contributed by atoms with Crippen LogP contribution in [-0.4, -0.2) is 36.1 Å². The summed E-state index contributed by atoms with van der Waals surface area (Å²) in [7, 11) is 1.47. The van der Waals surface area contributed by atoms with Crippen LogP contribution in [0, 0.1) is 11.3 Å². The van der Waals surface area contributed by atoms with Crippen LogP contribution in [0.25, 0.3) is 5.53 Å². The predicted molar refractivity (Wildman–Crippen MR) is 115 cm³/mol. The minimum Gasteiger partial charge on any atom is -0.497 e. The maximum atomic E-state index is 15.9. The Morgan fingerprint density at radius 1 is 1.28 bits per heavy atom. The number of nitrogens with one attached hydrogen (secondary N) is 1. The number of alkyl halides is 2. The molecule has 0 saturated carbocycles. The maximum absolute atomic E-state index is 15.9. The Balaban J connectivity index is 2.60. The Hall–Kier alpha value is -3.73. The second-order valence-electron chi connectivity index (χ2n) is 6.34. The van der Waals surface area contributed by atoms with Crippen molar-refractivity contribution in [3.8, 4) is 11.8 Å². The number of carbonyl (C=O) groups is 1. The summed E-state index contributed by atoms with van der Waals surface area (Å²) < 4.78 is 41.5. The van der Waals surface area contributed by atoms with Gasteiger partial charge in [-0.1, -0.05) is 23.7 Å². The molecule has 32 heavy (non-hydrogen) atoms. The van der Waals surface area contributed by atoms with Crippen molar-refractivity contribution in [3.63, 3.8) is 0 Å². The number of rotatable bonds is 9. The van der Waals surface area contributed by atoms with Crippen LogP contribution in [-0.2, 0) is 9.53 Å². The van der Waals surface area contributed by atoms with Crippen LogP contribution < -0.4 is 10.1 Å². The fraction of sp³-hybridized carbons (Fsp3) is 0.227. The molecule has 0 aromatic heterocycles. The van der Waals surface area contributed by atoms with E-state index in [0.717, 1.165) is 0 Å². The van der Waals surface area contributed by atoms with Crippen LogP contribution in [0.5, 0.6) is 5.75 Å². The standard InChI is InChI=1S/C22H19ClF2N4O3/c1-3-32-21(30)19(29-27)18(12-13-26)22(24,25)20(14-4-6-15(23)7-5-14)28-16-8-10-17(31-2)11-9-16/h4-12,20,28H,3H2,1-2H3/b18-12+. The second kappa shape index (κ2) is 11.0. The molecule has 2 rings (SSSR count). The van der Waals surface area contributed by atoms with E-state index in [4.69, 9.17) is 26.3 Å². The first-order valence-electron chi connectivity index (χ1n) is 9.32. The summed E-state index contributed by atoms with van der Waals surface area (Å²) >= 11 is 5.90. The minimum absolute atomic E-state index is 0.0974. The Labute approximate surface area is 188 Å². The lowest BCUT2D eigenvalue weighted by Gasteiger charge is -2.29. The summed E-state index contributed by atoms with van der Waals surface area (Å²) in [6.45, 7) is 1.31. The molecule has 0 fully saturated rings. The van der Waals surface area contributed by atoms with Gasteiger partial charge in [0.25, 0.3) is 0 Å². The number of anilines is 1. The molecule has 0 bridgehead atoms. The molecule has 0 spiro atoms. The first-order chi connectivity index (χ1) is 15.3. The van der Waals surface area contributed by atoms with Crippen molar-refractivity contribution in [3.05, 3.63) is 76.3 Å². The SMILES string of the molecule is CCOC(=O)C(=[N+]=[N-])/C(=C\C#N)C(F)(F)C(Nc1ccc(OC)cc1)c1ccc(Cl)cc1. The highest BCUT2D eigenvalue weighted by molar-refractivity contribution is 6.41. The minimum atomic E-state index is -3.90. The number of esters is 1. The lowest BCUT2D eigenvalue weighted by atomic mass is 9.91. The fourth-order valence-electron chi connectivity index (χ4n) is 2.84. The molecule has 0 heterocycles. The van der Waals surface area contributed by atoms with Crippen LogP contribution in [0.2, 0.25) is 5.02 Å². The first-order valence-corrected chi connectivity index (χ1v) is 9.69. The van der Waals surface area contributed by atoms with Gasteiger partial charge in [0.05, 0.1) is 19.8 Å². The zero-order chi connectivity index (χ0) is 23.7. The van der Waals surface area contributed by atoms with Crippen LogP contribution in [0.3, 0.4) is 0 Å². The van der Waals surface area contributed by atoms with Gasteiger partial charge < -0.3 is 20.3 Å². The van der Waals surface area contributed by atoms with Gasteiger partial charge in [0.1, 0.15) is 17.4 Å². The third-order valence-electron chi connectivity index (χ3n) is 4.36. The molecule has 2 aromatic rings. The lowest BCUT2D eigenvalue weighted by molar-refractivity contribution is -0.140. The van der Waals surface area contributed by atoms with Gasteiger partial charge in [-0.3, -0.25) is 0 Å². The van der Waals surface area contributed by atoms with E-state index in [1.54, 1.807) is 12.1 Å². The maximum Gasteiger partial charge on any atom is 0.422 e. The summed E-state index contributed by atoms with van der Waals surface area (Å²) in [6.07, 6.45) is 0.449.